The van der Waals surface area contributed by atoms with Crippen molar-refractivity contribution in [3.63, 3.8) is 0 Å². The molecule has 1 aliphatic heterocycles. The lowest BCUT2D eigenvalue weighted by molar-refractivity contribution is -0.0549. The minimum Gasteiger partial charge on any atom is -0.394 e. The average Bonchev–Trinajstić information content (AvgIpc) is 2.66. The number of nitrogens with one attached hydrogen (secondary N) is 1. The molecule has 0 amide bonds. The van der Waals surface area contributed by atoms with Crippen molar-refractivity contribution in [3.8, 4) is 0 Å². The van der Waals surface area contributed by atoms with E-state index in [1.54, 1.807) is 0 Å². The Hall–Kier alpha value is -1.52. The van der Waals surface area contributed by atoms with Gasteiger partial charge in [-0.2, -0.15) is 4.98 Å². The fourth-order valence-electron chi connectivity index (χ4n) is 1.80. The van der Waals surface area contributed by atoms with Gasteiger partial charge in [-0.1, -0.05) is 0 Å². The number of ether oxygens (including phenoxy) is 1. The average molecular weight is 258 g/mol. The molecule has 18 heavy (non-hydrogen) atoms. The second-order valence-corrected chi connectivity index (χ2v) is 3.88. The van der Waals surface area contributed by atoms with E-state index in [-0.39, 0.29) is 5.82 Å². The predicted octanol–water partition coefficient (Wildman–Crippen LogP) is -2.86. The standard InChI is InChI=1S/C9H14N4O5/c10-12-5-1-2-13(9(17)11-5)8-7(16)6(15)4(3-14)18-8/h1-2,4,6-8,14-16H,3,10H2,(H,11,12,17)/t4-,6?,7?,8-/m1/s1. The summed E-state index contributed by atoms with van der Waals surface area (Å²) in [7, 11) is 0. The molecule has 2 unspecified atom stereocenters. The third-order valence-corrected chi connectivity index (χ3v) is 2.77. The minimum atomic E-state index is -1.32. The van der Waals surface area contributed by atoms with Crippen molar-refractivity contribution in [2.45, 2.75) is 24.5 Å². The Bertz CT molecular complexity index is 478. The zero-order valence-corrected chi connectivity index (χ0v) is 9.30. The summed E-state index contributed by atoms with van der Waals surface area (Å²) in [4.78, 5) is 15.2. The molecule has 1 aromatic heterocycles. The maximum Gasteiger partial charge on any atom is 0.351 e. The van der Waals surface area contributed by atoms with Crippen LogP contribution in [0.3, 0.4) is 0 Å². The Balaban J connectivity index is 2.30. The lowest BCUT2D eigenvalue weighted by Gasteiger charge is -2.17. The number of nitrogens with zero attached hydrogens (tertiary/aromatic N) is 2. The normalized spacial score (nSPS) is 31.6. The van der Waals surface area contributed by atoms with Crippen LogP contribution in [0, 0.1) is 0 Å². The van der Waals surface area contributed by atoms with Gasteiger partial charge in [0.1, 0.15) is 24.1 Å². The minimum absolute atomic E-state index is 0.169. The van der Waals surface area contributed by atoms with Crippen LogP contribution >= 0.6 is 0 Å². The van der Waals surface area contributed by atoms with E-state index < -0.39 is 36.8 Å². The highest BCUT2D eigenvalue weighted by Gasteiger charge is 2.43. The number of hydrogen-bond acceptors (Lipinski definition) is 8. The summed E-state index contributed by atoms with van der Waals surface area (Å²) in [5.74, 6) is 5.27. The van der Waals surface area contributed by atoms with Crippen molar-refractivity contribution in [1.29, 1.82) is 0 Å². The second-order valence-electron chi connectivity index (χ2n) is 3.88. The maximum atomic E-state index is 11.7. The van der Waals surface area contributed by atoms with Crippen LogP contribution in [0.15, 0.2) is 17.1 Å². The fraction of sp³-hybridized carbons (Fsp3) is 0.556. The van der Waals surface area contributed by atoms with Gasteiger partial charge < -0.3 is 25.5 Å². The van der Waals surface area contributed by atoms with Gasteiger partial charge in [0, 0.05) is 6.20 Å². The highest BCUT2D eigenvalue weighted by molar-refractivity contribution is 5.29. The van der Waals surface area contributed by atoms with E-state index in [1.165, 1.54) is 12.3 Å². The predicted molar refractivity (Wildman–Crippen MR) is 59.3 cm³/mol. The van der Waals surface area contributed by atoms with E-state index in [0.29, 0.717) is 0 Å². The van der Waals surface area contributed by atoms with Crippen molar-refractivity contribution < 1.29 is 20.1 Å². The van der Waals surface area contributed by atoms with Gasteiger partial charge in [-0.15, -0.1) is 0 Å². The van der Waals surface area contributed by atoms with Crippen molar-refractivity contribution in [3.05, 3.63) is 22.7 Å². The zero-order chi connectivity index (χ0) is 13.3. The number of hydrazine groups is 1. The second kappa shape index (κ2) is 5.00. The van der Waals surface area contributed by atoms with Crippen LogP contribution in [0.25, 0.3) is 0 Å². The number of nitrogens with two attached hydrogens (primary N) is 1. The molecule has 9 heteroatoms. The van der Waals surface area contributed by atoms with Crippen LogP contribution in [0.4, 0.5) is 5.82 Å². The van der Waals surface area contributed by atoms with Gasteiger partial charge in [0.25, 0.3) is 0 Å². The molecule has 0 bridgehead atoms. The molecule has 4 atom stereocenters. The summed E-state index contributed by atoms with van der Waals surface area (Å²) in [6, 6.07) is 1.41. The van der Waals surface area contributed by atoms with Gasteiger partial charge in [-0.05, 0) is 6.07 Å². The van der Waals surface area contributed by atoms with Gasteiger partial charge in [-0.3, -0.25) is 4.57 Å². The molecule has 2 heterocycles. The fourth-order valence-corrected chi connectivity index (χ4v) is 1.80. The first-order valence-corrected chi connectivity index (χ1v) is 5.26. The number of hydrogen-bond donors (Lipinski definition) is 5. The summed E-state index contributed by atoms with van der Waals surface area (Å²) in [6.07, 6.45) is -3.30. The number of aliphatic hydroxyl groups excluding tert-OH is 3. The highest BCUT2D eigenvalue weighted by atomic mass is 16.6. The van der Waals surface area contributed by atoms with Crippen LogP contribution in [-0.2, 0) is 4.74 Å². The molecular formula is C9H14N4O5. The van der Waals surface area contributed by atoms with E-state index in [9.17, 15) is 15.0 Å². The lowest BCUT2D eigenvalue weighted by Crippen LogP contribution is -2.36. The van der Waals surface area contributed by atoms with Crippen molar-refractivity contribution in [1.82, 2.24) is 9.55 Å². The highest BCUT2D eigenvalue weighted by Crippen LogP contribution is 2.27. The SMILES string of the molecule is NNc1ccn([C@@H]2O[C@H](CO)C(O)C2O)c(=O)n1. The van der Waals surface area contributed by atoms with Crippen LogP contribution in [0.1, 0.15) is 6.23 Å². The van der Waals surface area contributed by atoms with Gasteiger partial charge in [0.2, 0.25) is 0 Å². The number of nitrogen functional groups attached to an aromatic ring is 1. The third kappa shape index (κ3) is 2.09. The quantitative estimate of drug-likeness (QED) is 0.288. The third-order valence-electron chi connectivity index (χ3n) is 2.77. The van der Waals surface area contributed by atoms with Gasteiger partial charge in [0.15, 0.2) is 6.23 Å². The topological polar surface area (TPSA) is 143 Å². The molecule has 0 aliphatic carbocycles. The smallest absolute Gasteiger partial charge is 0.351 e. The lowest BCUT2D eigenvalue weighted by atomic mass is 10.1. The molecule has 0 radical (unpaired) electrons. The molecule has 9 nitrogen and oxygen atoms in total. The van der Waals surface area contributed by atoms with Crippen molar-refractivity contribution in [2.75, 3.05) is 12.0 Å². The first-order chi connectivity index (χ1) is 8.58. The van der Waals surface area contributed by atoms with E-state index in [4.69, 9.17) is 15.7 Å². The van der Waals surface area contributed by atoms with E-state index in [1.807, 2.05) is 0 Å². The van der Waals surface area contributed by atoms with Crippen molar-refractivity contribution in [2.24, 2.45) is 5.84 Å². The molecule has 100 valence electrons. The molecule has 6 N–H and O–H groups in total. The molecule has 0 spiro atoms. The van der Waals surface area contributed by atoms with Crippen LogP contribution < -0.4 is 17.0 Å². The Labute approximate surface area is 101 Å². The largest absolute Gasteiger partial charge is 0.394 e. The molecule has 1 fully saturated rings. The molecular weight excluding hydrogens is 244 g/mol. The molecule has 1 saturated heterocycles. The first-order valence-electron chi connectivity index (χ1n) is 5.26. The summed E-state index contributed by atoms with van der Waals surface area (Å²) < 4.78 is 6.22. The van der Waals surface area contributed by atoms with E-state index >= 15 is 0 Å². The summed E-state index contributed by atoms with van der Waals surface area (Å²) in [6.45, 7) is -0.459. The molecule has 0 aromatic carbocycles. The van der Waals surface area contributed by atoms with Gasteiger partial charge >= 0.3 is 5.69 Å². The monoisotopic (exact) mass is 258 g/mol. The number of aromatic nitrogens is 2. The summed E-state index contributed by atoms with van der Waals surface area (Å²) in [5, 5.41) is 28.3. The number of anilines is 1. The van der Waals surface area contributed by atoms with Crippen LogP contribution in [0.5, 0.6) is 0 Å². The van der Waals surface area contributed by atoms with Crippen molar-refractivity contribution >= 4 is 5.82 Å². The van der Waals surface area contributed by atoms with E-state index in [0.717, 1.165) is 4.57 Å². The Morgan fingerprint density at radius 3 is 2.72 bits per heavy atom. The van der Waals surface area contributed by atoms with Gasteiger partial charge in [-0.25, -0.2) is 10.6 Å². The molecule has 1 aliphatic rings. The van der Waals surface area contributed by atoms with Crippen LogP contribution in [0.2, 0.25) is 0 Å². The van der Waals surface area contributed by atoms with E-state index in [2.05, 4.69) is 10.4 Å². The first kappa shape index (κ1) is 12.9. The molecule has 0 saturated carbocycles. The van der Waals surface area contributed by atoms with Crippen LogP contribution in [-0.4, -0.2) is 49.8 Å². The Morgan fingerprint density at radius 2 is 2.22 bits per heavy atom. The Kier molecular flexibility index (Phi) is 3.59. The number of rotatable bonds is 3. The zero-order valence-electron chi connectivity index (χ0n) is 9.30. The maximum absolute atomic E-state index is 11.7. The summed E-state index contributed by atoms with van der Waals surface area (Å²) >= 11 is 0. The molecule has 1 aromatic rings. The molecule has 2 rings (SSSR count). The Morgan fingerprint density at radius 1 is 1.50 bits per heavy atom. The van der Waals surface area contributed by atoms with Gasteiger partial charge in [0.05, 0.1) is 6.61 Å². The summed E-state index contributed by atoms with van der Waals surface area (Å²) in [5.41, 5.74) is 1.51. The number of aliphatic hydroxyl groups is 3.